The van der Waals surface area contributed by atoms with E-state index >= 15 is 0 Å². The van der Waals surface area contributed by atoms with Crippen LogP contribution < -0.4 is 5.84 Å². The fourth-order valence-electron chi connectivity index (χ4n) is 0.705. The number of aliphatic imine (C=N–C) groups is 1. The van der Waals surface area contributed by atoms with Crippen LogP contribution in [0.2, 0.25) is 0 Å². The third-order valence-electron chi connectivity index (χ3n) is 1.40. The maximum Gasteiger partial charge on any atom is 0.0807 e. The Kier molecular flexibility index (Phi) is 4.54. The van der Waals surface area contributed by atoms with Crippen molar-refractivity contribution in [1.82, 2.24) is 0 Å². The first-order chi connectivity index (χ1) is 4.76. The Morgan fingerprint density at radius 2 is 2.10 bits per heavy atom. The van der Waals surface area contributed by atoms with Crippen molar-refractivity contribution in [3.8, 4) is 0 Å². The lowest BCUT2D eigenvalue weighted by Crippen LogP contribution is -2.12. The summed E-state index contributed by atoms with van der Waals surface area (Å²) < 4.78 is 0. The summed E-state index contributed by atoms with van der Waals surface area (Å²) in [4.78, 5) is 3.98. The lowest BCUT2D eigenvalue weighted by atomic mass is 10.1. The van der Waals surface area contributed by atoms with Gasteiger partial charge in [-0.15, -0.1) is 0 Å². The third-order valence-corrected chi connectivity index (χ3v) is 1.40. The molecule has 0 aromatic heterocycles. The first kappa shape index (κ1) is 9.14. The Bertz CT molecular complexity index is 147. The SMILES string of the molecule is CCCC(=NN)C(C)=NC. The zero-order valence-electron chi connectivity index (χ0n) is 6.89. The lowest BCUT2D eigenvalue weighted by Gasteiger charge is -1.99. The lowest BCUT2D eigenvalue weighted by molar-refractivity contribution is 0.989. The minimum absolute atomic E-state index is 0.907. The molecule has 0 aliphatic carbocycles. The Balaban J connectivity index is 4.09. The molecule has 3 heteroatoms. The molecule has 3 nitrogen and oxygen atoms in total. The van der Waals surface area contributed by atoms with Crippen LogP contribution in [0.5, 0.6) is 0 Å². The Morgan fingerprint density at radius 1 is 1.50 bits per heavy atom. The number of nitrogens with zero attached hydrogens (tertiary/aromatic N) is 2. The number of hydrogen-bond donors (Lipinski definition) is 1. The number of hydrogen-bond acceptors (Lipinski definition) is 3. The predicted molar refractivity (Wildman–Crippen MR) is 45.6 cm³/mol. The molecule has 0 radical (unpaired) electrons. The van der Waals surface area contributed by atoms with Gasteiger partial charge >= 0.3 is 0 Å². The average molecular weight is 141 g/mol. The van der Waals surface area contributed by atoms with Crippen molar-refractivity contribution in [2.75, 3.05) is 7.05 Å². The van der Waals surface area contributed by atoms with Gasteiger partial charge in [-0.05, 0) is 13.3 Å². The van der Waals surface area contributed by atoms with Gasteiger partial charge < -0.3 is 5.84 Å². The molecule has 0 aliphatic rings. The predicted octanol–water partition coefficient (Wildman–Crippen LogP) is 1.19. The van der Waals surface area contributed by atoms with Crippen LogP contribution in [0.1, 0.15) is 26.7 Å². The van der Waals surface area contributed by atoms with Gasteiger partial charge in [-0.25, -0.2) is 0 Å². The molecule has 0 aromatic carbocycles. The minimum Gasteiger partial charge on any atom is -0.323 e. The van der Waals surface area contributed by atoms with Gasteiger partial charge in [-0.3, -0.25) is 4.99 Å². The highest BCUT2D eigenvalue weighted by atomic mass is 15.1. The Hall–Kier alpha value is -0.860. The van der Waals surface area contributed by atoms with Crippen molar-refractivity contribution in [3.05, 3.63) is 0 Å². The molecule has 10 heavy (non-hydrogen) atoms. The summed E-state index contributed by atoms with van der Waals surface area (Å²) in [7, 11) is 1.75. The molecule has 0 heterocycles. The summed E-state index contributed by atoms with van der Waals surface area (Å²) in [6.07, 6.45) is 1.97. The van der Waals surface area contributed by atoms with Gasteiger partial charge in [-0.2, -0.15) is 5.10 Å². The molecule has 0 aromatic rings. The van der Waals surface area contributed by atoms with Crippen LogP contribution in [0, 0.1) is 0 Å². The van der Waals surface area contributed by atoms with Crippen LogP contribution in [-0.2, 0) is 0 Å². The van der Waals surface area contributed by atoms with E-state index in [2.05, 4.69) is 17.0 Å². The quantitative estimate of drug-likeness (QED) is 0.358. The number of rotatable bonds is 3. The van der Waals surface area contributed by atoms with E-state index in [1.165, 1.54) is 0 Å². The van der Waals surface area contributed by atoms with Crippen LogP contribution in [0.3, 0.4) is 0 Å². The van der Waals surface area contributed by atoms with E-state index in [-0.39, 0.29) is 0 Å². The van der Waals surface area contributed by atoms with Crippen molar-refractivity contribution in [2.45, 2.75) is 26.7 Å². The molecule has 0 atom stereocenters. The second kappa shape index (κ2) is 4.97. The smallest absolute Gasteiger partial charge is 0.0807 e. The molecular weight excluding hydrogens is 126 g/mol. The average Bonchev–Trinajstić information content (AvgIpc) is 1.99. The van der Waals surface area contributed by atoms with Gasteiger partial charge in [0, 0.05) is 7.05 Å². The minimum atomic E-state index is 0.907. The van der Waals surface area contributed by atoms with E-state index in [9.17, 15) is 0 Å². The van der Waals surface area contributed by atoms with Gasteiger partial charge in [0.05, 0.1) is 11.4 Å². The van der Waals surface area contributed by atoms with Crippen molar-refractivity contribution < 1.29 is 0 Å². The molecule has 58 valence electrons. The highest BCUT2D eigenvalue weighted by molar-refractivity contribution is 6.41. The molecule has 0 spiro atoms. The maximum atomic E-state index is 5.14. The summed E-state index contributed by atoms with van der Waals surface area (Å²) >= 11 is 0. The standard InChI is InChI=1S/C7H15N3/c1-4-5-7(10-8)6(2)9-3/h4-5,8H2,1-3H3. The molecule has 0 fully saturated rings. The van der Waals surface area contributed by atoms with Crippen LogP contribution in [-0.4, -0.2) is 18.5 Å². The number of hydrazone groups is 1. The van der Waals surface area contributed by atoms with E-state index in [1.807, 2.05) is 6.92 Å². The Labute approximate surface area is 62.0 Å². The van der Waals surface area contributed by atoms with E-state index in [0.717, 1.165) is 24.3 Å². The normalized spacial score (nSPS) is 13.9. The fourth-order valence-corrected chi connectivity index (χ4v) is 0.705. The topological polar surface area (TPSA) is 50.7 Å². The molecule has 0 saturated carbocycles. The van der Waals surface area contributed by atoms with E-state index in [0.29, 0.717) is 0 Å². The van der Waals surface area contributed by atoms with E-state index in [4.69, 9.17) is 5.84 Å². The van der Waals surface area contributed by atoms with Crippen LogP contribution >= 0.6 is 0 Å². The van der Waals surface area contributed by atoms with Gasteiger partial charge in [0.1, 0.15) is 0 Å². The molecule has 0 rings (SSSR count). The molecule has 0 bridgehead atoms. The van der Waals surface area contributed by atoms with Crippen LogP contribution in [0.25, 0.3) is 0 Å². The zero-order chi connectivity index (χ0) is 7.98. The van der Waals surface area contributed by atoms with Gasteiger partial charge in [0.15, 0.2) is 0 Å². The molecule has 0 amide bonds. The van der Waals surface area contributed by atoms with E-state index in [1.54, 1.807) is 7.05 Å². The first-order valence-corrected chi connectivity index (χ1v) is 3.46. The highest BCUT2D eigenvalue weighted by Gasteiger charge is 1.99. The summed E-state index contributed by atoms with van der Waals surface area (Å²) in [5, 5.41) is 3.63. The van der Waals surface area contributed by atoms with Crippen molar-refractivity contribution >= 4 is 11.4 Å². The summed E-state index contributed by atoms with van der Waals surface area (Å²) in [6, 6.07) is 0. The van der Waals surface area contributed by atoms with Crippen LogP contribution in [0.4, 0.5) is 0 Å². The van der Waals surface area contributed by atoms with Gasteiger partial charge in [0.2, 0.25) is 0 Å². The molecule has 0 aliphatic heterocycles. The van der Waals surface area contributed by atoms with Gasteiger partial charge in [-0.1, -0.05) is 13.3 Å². The van der Waals surface area contributed by atoms with Crippen LogP contribution in [0.15, 0.2) is 10.1 Å². The third kappa shape index (κ3) is 2.62. The molecule has 0 saturated heterocycles. The monoisotopic (exact) mass is 141 g/mol. The molecule has 2 N–H and O–H groups in total. The molecule has 0 unspecified atom stereocenters. The summed E-state index contributed by atoms with van der Waals surface area (Å²) in [5.74, 6) is 5.14. The largest absolute Gasteiger partial charge is 0.323 e. The summed E-state index contributed by atoms with van der Waals surface area (Å²) in [5.41, 5.74) is 1.84. The summed E-state index contributed by atoms with van der Waals surface area (Å²) in [6.45, 7) is 4.01. The Morgan fingerprint density at radius 3 is 2.40 bits per heavy atom. The maximum absolute atomic E-state index is 5.14. The molecular formula is C7H15N3. The second-order valence-corrected chi connectivity index (χ2v) is 2.13. The first-order valence-electron chi connectivity index (χ1n) is 3.46. The second-order valence-electron chi connectivity index (χ2n) is 2.13. The van der Waals surface area contributed by atoms with E-state index < -0.39 is 0 Å². The van der Waals surface area contributed by atoms with Crippen molar-refractivity contribution in [2.24, 2.45) is 15.9 Å². The fraction of sp³-hybridized carbons (Fsp3) is 0.714. The number of nitrogens with two attached hydrogens (primary N) is 1. The van der Waals surface area contributed by atoms with Gasteiger partial charge in [0.25, 0.3) is 0 Å². The zero-order valence-corrected chi connectivity index (χ0v) is 6.89. The van der Waals surface area contributed by atoms with Crippen molar-refractivity contribution in [3.63, 3.8) is 0 Å². The van der Waals surface area contributed by atoms with Crippen molar-refractivity contribution in [1.29, 1.82) is 0 Å². The highest BCUT2D eigenvalue weighted by Crippen LogP contribution is 1.93.